The molecule has 0 bridgehead atoms. The molecule has 1 aromatic carbocycles. The van der Waals surface area contributed by atoms with Crippen molar-refractivity contribution in [1.29, 1.82) is 0 Å². The standard InChI is InChI=1S/C18H18F2N4O5/c1-9-16(10(2)29-23-9)12-6-13-11(7-15(12)27-3)17(14(8-22-13)24(25)26)21-4-5-28-18(19)20/h6-8,18H,4-5H2,1-3H3,(H,21,22). The quantitative estimate of drug-likeness (QED) is 0.337. The predicted octanol–water partition coefficient (Wildman–Crippen LogP) is 4.07. The third-order valence-electron chi connectivity index (χ3n) is 4.32. The first-order chi connectivity index (χ1) is 13.8. The molecule has 0 saturated carbocycles. The monoisotopic (exact) mass is 408 g/mol. The Kier molecular flexibility index (Phi) is 5.87. The van der Waals surface area contributed by atoms with Crippen molar-refractivity contribution in [3.05, 3.63) is 39.9 Å². The normalized spacial score (nSPS) is 11.2. The van der Waals surface area contributed by atoms with Crippen LogP contribution in [0.2, 0.25) is 0 Å². The molecule has 154 valence electrons. The Morgan fingerprint density at radius 1 is 1.34 bits per heavy atom. The van der Waals surface area contributed by atoms with Crippen molar-refractivity contribution in [3.63, 3.8) is 0 Å². The second-order valence-electron chi connectivity index (χ2n) is 6.10. The Morgan fingerprint density at radius 3 is 2.69 bits per heavy atom. The van der Waals surface area contributed by atoms with Gasteiger partial charge in [0, 0.05) is 17.5 Å². The van der Waals surface area contributed by atoms with Crippen molar-refractivity contribution in [2.75, 3.05) is 25.6 Å². The summed E-state index contributed by atoms with van der Waals surface area (Å²) in [7, 11) is 1.47. The largest absolute Gasteiger partial charge is 0.496 e. The molecule has 0 saturated heterocycles. The maximum absolute atomic E-state index is 12.2. The fourth-order valence-corrected chi connectivity index (χ4v) is 3.09. The minimum Gasteiger partial charge on any atom is -0.496 e. The molecule has 11 heteroatoms. The first kappa shape index (κ1) is 20.4. The number of benzene rings is 1. The van der Waals surface area contributed by atoms with E-state index >= 15 is 0 Å². The lowest BCUT2D eigenvalue weighted by molar-refractivity contribution is -0.384. The third kappa shape index (κ3) is 4.09. The average Bonchev–Trinajstić information content (AvgIpc) is 3.01. The zero-order chi connectivity index (χ0) is 21.1. The predicted molar refractivity (Wildman–Crippen MR) is 100 cm³/mol. The van der Waals surface area contributed by atoms with Crippen molar-refractivity contribution in [2.24, 2.45) is 0 Å². The van der Waals surface area contributed by atoms with Gasteiger partial charge < -0.3 is 19.3 Å². The fraction of sp³-hybridized carbons (Fsp3) is 0.333. The topological polar surface area (TPSA) is 113 Å². The molecule has 1 N–H and O–H groups in total. The number of methoxy groups -OCH3 is 1. The van der Waals surface area contributed by atoms with Crippen LogP contribution in [0.25, 0.3) is 22.0 Å². The molecule has 9 nitrogen and oxygen atoms in total. The highest BCUT2D eigenvalue weighted by molar-refractivity contribution is 5.99. The van der Waals surface area contributed by atoms with E-state index in [1.807, 2.05) is 0 Å². The van der Waals surface area contributed by atoms with Crippen LogP contribution >= 0.6 is 0 Å². The summed E-state index contributed by atoms with van der Waals surface area (Å²) in [5.41, 5.74) is 2.37. The van der Waals surface area contributed by atoms with Gasteiger partial charge in [0.05, 0.1) is 35.4 Å². The number of rotatable bonds is 8. The molecule has 2 aromatic heterocycles. The summed E-state index contributed by atoms with van der Waals surface area (Å²) in [6.07, 6.45) is 1.11. The first-order valence-electron chi connectivity index (χ1n) is 8.55. The molecule has 0 spiro atoms. The minimum absolute atomic E-state index is 0.0573. The summed E-state index contributed by atoms with van der Waals surface area (Å²) in [5.74, 6) is 1.02. The molecule has 0 aliphatic carbocycles. The molecular weight excluding hydrogens is 390 g/mol. The number of nitrogens with zero attached hydrogens (tertiary/aromatic N) is 3. The van der Waals surface area contributed by atoms with Crippen molar-refractivity contribution >= 4 is 22.3 Å². The van der Waals surface area contributed by atoms with E-state index in [9.17, 15) is 18.9 Å². The number of aromatic nitrogens is 2. The summed E-state index contributed by atoms with van der Waals surface area (Å²) in [6.45, 7) is 0.247. The van der Waals surface area contributed by atoms with Crippen LogP contribution in [0.3, 0.4) is 0 Å². The number of fused-ring (bicyclic) bond motifs is 1. The van der Waals surface area contributed by atoms with Gasteiger partial charge in [-0.3, -0.25) is 10.1 Å². The lowest BCUT2D eigenvalue weighted by atomic mass is 10.00. The van der Waals surface area contributed by atoms with Crippen LogP contribution in [0.5, 0.6) is 5.75 Å². The van der Waals surface area contributed by atoms with Gasteiger partial charge in [-0.25, -0.2) is 4.98 Å². The average molecular weight is 408 g/mol. The number of ether oxygens (including phenoxy) is 2. The molecule has 0 amide bonds. The highest BCUT2D eigenvalue weighted by Gasteiger charge is 2.22. The van der Waals surface area contributed by atoms with Gasteiger partial charge in [0.15, 0.2) is 0 Å². The zero-order valence-electron chi connectivity index (χ0n) is 15.9. The minimum atomic E-state index is -2.92. The number of halogens is 2. The van der Waals surface area contributed by atoms with E-state index in [-0.39, 0.29) is 24.5 Å². The molecule has 0 atom stereocenters. The van der Waals surface area contributed by atoms with Gasteiger partial charge in [-0.1, -0.05) is 5.16 Å². The van der Waals surface area contributed by atoms with Gasteiger partial charge in [0.2, 0.25) is 0 Å². The molecule has 2 heterocycles. The molecule has 0 unspecified atom stereocenters. The lowest BCUT2D eigenvalue weighted by Gasteiger charge is -2.14. The number of hydrogen-bond acceptors (Lipinski definition) is 8. The number of alkyl halides is 2. The SMILES string of the molecule is COc1cc2c(NCCOC(F)F)c([N+](=O)[O-])cnc2cc1-c1c(C)noc1C. The Bertz CT molecular complexity index is 1030. The van der Waals surface area contributed by atoms with Gasteiger partial charge >= 0.3 is 12.3 Å². The number of pyridine rings is 1. The summed E-state index contributed by atoms with van der Waals surface area (Å²) in [6, 6.07) is 3.32. The molecule has 0 fully saturated rings. The van der Waals surface area contributed by atoms with E-state index in [2.05, 4.69) is 20.2 Å². The molecule has 0 radical (unpaired) electrons. The van der Waals surface area contributed by atoms with Crippen LogP contribution < -0.4 is 10.1 Å². The summed E-state index contributed by atoms with van der Waals surface area (Å²) < 4.78 is 39.2. The van der Waals surface area contributed by atoms with Crippen LogP contribution in [-0.4, -0.2) is 41.9 Å². The van der Waals surface area contributed by atoms with E-state index < -0.39 is 11.5 Å². The number of hydrogen-bond donors (Lipinski definition) is 1. The molecule has 3 aromatic rings. The Hall–Kier alpha value is -3.34. The second-order valence-corrected chi connectivity index (χ2v) is 6.10. The lowest BCUT2D eigenvalue weighted by Crippen LogP contribution is -2.13. The molecule has 3 rings (SSSR count). The van der Waals surface area contributed by atoms with E-state index in [0.29, 0.717) is 33.7 Å². The second kappa shape index (κ2) is 8.35. The number of nitro groups is 1. The molecule has 29 heavy (non-hydrogen) atoms. The number of aryl methyl sites for hydroxylation is 2. The van der Waals surface area contributed by atoms with Crippen LogP contribution in [0.15, 0.2) is 22.9 Å². The Balaban J connectivity index is 2.13. The maximum Gasteiger partial charge on any atom is 0.345 e. The van der Waals surface area contributed by atoms with Gasteiger partial charge in [-0.05, 0) is 26.0 Å². The van der Waals surface area contributed by atoms with Crippen molar-refractivity contribution in [3.8, 4) is 16.9 Å². The van der Waals surface area contributed by atoms with Crippen LogP contribution in [0.4, 0.5) is 20.2 Å². The summed E-state index contributed by atoms with van der Waals surface area (Å²) >= 11 is 0. The van der Waals surface area contributed by atoms with Gasteiger partial charge in [-0.15, -0.1) is 0 Å². The molecular formula is C18H18F2N4O5. The van der Waals surface area contributed by atoms with E-state index in [0.717, 1.165) is 11.8 Å². The van der Waals surface area contributed by atoms with E-state index in [4.69, 9.17) is 9.26 Å². The smallest absolute Gasteiger partial charge is 0.345 e. The fourth-order valence-electron chi connectivity index (χ4n) is 3.09. The zero-order valence-corrected chi connectivity index (χ0v) is 15.9. The van der Waals surface area contributed by atoms with Gasteiger partial charge in [0.25, 0.3) is 0 Å². The van der Waals surface area contributed by atoms with E-state index in [1.54, 1.807) is 26.0 Å². The maximum atomic E-state index is 12.2. The van der Waals surface area contributed by atoms with E-state index in [1.165, 1.54) is 7.11 Å². The van der Waals surface area contributed by atoms with Crippen LogP contribution in [0.1, 0.15) is 11.5 Å². The van der Waals surface area contributed by atoms with Crippen LogP contribution in [0, 0.1) is 24.0 Å². The van der Waals surface area contributed by atoms with Crippen LogP contribution in [-0.2, 0) is 4.74 Å². The highest BCUT2D eigenvalue weighted by Crippen LogP contribution is 2.40. The molecule has 0 aliphatic rings. The third-order valence-corrected chi connectivity index (χ3v) is 4.32. The first-order valence-corrected chi connectivity index (χ1v) is 8.55. The highest BCUT2D eigenvalue weighted by atomic mass is 19.3. The Morgan fingerprint density at radius 2 is 2.10 bits per heavy atom. The summed E-state index contributed by atoms with van der Waals surface area (Å²) in [4.78, 5) is 15.0. The number of nitrogens with one attached hydrogen (secondary N) is 1. The van der Waals surface area contributed by atoms with Gasteiger partial charge in [-0.2, -0.15) is 8.78 Å². The molecule has 0 aliphatic heterocycles. The van der Waals surface area contributed by atoms with Crippen molar-refractivity contribution in [1.82, 2.24) is 10.1 Å². The number of anilines is 1. The van der Waals surface area contributed by atoms with Crippen molar-refractivity contribution in [2.45, 2.75) is 20.5 Å². The Labute approximate surface area is 163 Å². The van der Waals surface area contributed by atoms with Crippen molar-refractivity contribution < 1.29 is 27.7 Å². The van der Waals surface area contributed by atoms with Gasteiger partial charge in [0.1, 0.15) is 23.4 Å². The summed E-state index contributed by atoms with van der Waals surface area (Å²) in [5, 5.41) is 18.6.